The van der Waals surface area contributed by atoms with Gasteiger partial charge in [0.1, 0.15) is 5.75 Å². The third-order valence-electron chi connectivity index (χ3n) is 3.31. The third kappa shape index (κ3) is 5.23. The van der Waals surface area contributed by atoms with Gasteiger partial charge in [-0.05, 0) is 46.7 Å². The van der Waals surface area contributed by atoms with E-state index in [1.54, 1.807) is 7.11 Å². The SMILES string of the molecule is COc1ccc2cc(CNCCSCCCO)ccc2c1. The van der Waals surface area contributed by atoms with Gasteiger partial charge in [-0.1, -0.05) is 18.2 Å². The predicted octanol–water partition coefficient (Wildman–Crippen LogP) is 3.05. The molecule has 0 unspecified atom stereocenters. The van der Waals surface area contributed by atoms with Crippen molar-refractivity contribution in [2.75, 3.05) is 31.8 Å². The predicted molar refractivity (Wildman–Crippen MR) is 91.2 cm³/mol. The molecule has 4 heteroatoms. The quantitative estimate of drug-likeness (QED) is 0.699. The summed E-state index contributed by atoms with van der Waals surface area (Å²) < 4.78 is 5.24. The van der Waals surface area contributed by atoms with Crippen LogP contribution in [-0.2, 0) is 6.54 Å². The zero-order valence-corrected chi connectivity index (χ0v) is 13.3. The highest BCUT2D eigenvalue weighted by Gasteiger charge is 1.99. The summed E-state index contributed by atoms with van der Waals surface area (Å²) in [4.78, 5) is 0. The van der Waals surface area contributed by atoms with Crippen LogP contribution in [0.15, 0.2) is 36.4 Å². The van der Waals surface area contributed by atoms with E-state index in [-0.39, 0.29) is 0 Å². The van der Waals surface area contributed by atoms with Crippen LogP contribution < -0.4 is 10.1 Å². The molecule has 0 heterocycles. The van der Waals surface area contributed by atoms with Crippen molar-refractivity contribution in [3.63, 3.8) is 0 Å². The third-order valence-corrected chi connectivity index (χ3v) is 4.38. The molecule has 0 spiro atoms. The average Bonchev–Trinajstić information content (AvgIpc) is 2.53. The summed E-state index contributed by atoms with van der Waals surface area (Å²) in [6.45, 7) is 2.18. The van der Waals surface area contributed by atoms with Gasteiger partial charge in [0.15, 0.2) is 0 Å². The molecule has 0 atom stereocenters. The molecule has 3 nitrogen and oxygen atoms in total. The summed E-state index contributed by atoms with van der Waals surface area (Å²) in [7, 11) is 1.69. The van der Waals surface area contributed by atoms with Crippen LogP contribution in [0.2, 0.25) is 0 Å². The molecule has 114 valence electrons. The van der Waals surface area contributed by atoms with Crippen LogP contribution in [0, 0.1) is 0 Å². The molecule has 0 aliphatic carbocycles. The average molecular weight is 305 g/mol. The second-order valence-corrected chi connectivity index (χ2v) is 6.14. The maximum absolute atomic E-state index is 8.70. The lowest BCUT2D eigenvalue weighted by molar-refractivity contribution is 0.296. The van der Waals surface area contributed by atoms with Crippen LogP contribution in [0.1, 0.15) is 12.0 Å². The van der Waals surface area contributed by atoms with Gasteiger partial charge >= 0.3 is 0 Å². The fraction of sp³-hybridized carbons (Fsp3) is 0.412. The lowest BCUT2D eigenvalue weighted by atomic mass is 10.1. The first kappa shape index (κ1) is 16.1. The summed E-state index contributed by atoms with van der Waals surface area (Å²) in [5.41, 5.74) is 1.30. The van der Waals surface area contributed by atoms with Crippen molar-refractivity contribution < 1.29 is 9.84 Å². The van der Waals surface area contributed by atoms with Crippen LogP contribution in [0.3, 0.4) is 0 Å². The number of methoxy groups -OCH3 is 1. The number of benzene rings is 2. The van der Waals surface area contributed by atoms with E-state index >= 15 is 0 Å². The summed E-state index contributed by atoms with van der Waals surface area (Å²) >= 11 is 1.88. The summed E-state index contributed by atoms with van der Waals surface area (Å²) in [6, 6.07) is 12.7. The topological polar surface area (TPSA) is 41.5 Å². The van der Waals surface area contributed by atoms with E-state index in [0.717, 1.165) is 36.8 Å². The van der Waals surface area contributed by atoms with E-state index in [9.17, 15) is 0 Å². The minimum absolute atomic E-state index is 0.294. The van der Waals surface area contributed by atoms with Crippen LogP contribution in [0.4, 0.5) is 0 Å². The number of hydrogen-bond acceptors (Lipinski definition) is 4. The lowest BCUT2D eigenvalue weighted by Gasteiger charge is -2.07. The van der Waals surface area contributed by atoms with Crippen molar-refractivity contribution in [2.24, 2.45) is 0 Å². The number of aliphatic hydroxyl groups excluding tert-OH is 1. The number of aliphatic hydroxyl groups is 1. The van der Waals surface area contributed by atoms with Gasteiger partial charge in [-0.3, -0.25) is 0 Å². The zero-order valence-electron chi connectivity index (χ0n) is 12.5. The second-order valence-electron chi connectivity index (χ2n) is 4.91. The fourth-order valence-electron chi connectivity index (χ4n) is 2.16. The highest BCUT2D eigenvalue weighted by Crippen LogP contribution is 2.21. The van der Waals surface area contributed by atoms with E-state index in [1.165, 1.54) is 16.3 Å². The van der Waals surface area contributed by atoms with Gasteiger partial charge in [-0.25, -0.2) is 0 Å². The molecule has 0 saturated carbocycles. The standard InChI is InChI=1S/C17H23NO2S/c1-20-17-6-5-15-11-14(3-4-16(15)12-17)13-18-7-10-21-9-2-8-19/h3-6,11-12,18-19H,2,7-10,13H2,1H3. The number of thioether (sulfide) groups is 1. The van der Waals surface area contributed by atoms with Gasteiger partial charge in [-0.15, -0.1) is 0 Å². The molecule has 2 rings (SSSR count). The smallest absolute Gasteiger partial charge is 0.119 e. The Balaban J connectivity index is 1.80. The molecule has 21 heavy (non-hydrogen) atoms. The maximum atomic E-state index is 8.70. The first-order chi connectivity index (χ1) is 10.3. The van der Waals surface area contributed by atoms with E-state index in [1.807, 2.05) is 17.8 Å². The van der Waals surface area contributed by atoms with Gasteiger partial charge in [-0.2, -0.15) is 11.8 Å². The second kappa shape index (κ2) is 8.93. The van der Waals surface area contributed by atoms with Gasteiger partial charge in [0.2, 0.25) is 0 Å². The van der Waals surface area contributed by atoms with Crippen molar-refractivity contribution in [3.05, 3.63) is 42.0 Å². The molecule has 0 amide bonds. The molecular weight excluding hydrogens is 282 g/mol. The minimum Gasteiger partial charge on any atom is -0.497 e. The molecule has 0 bridgehead atoms. The molecule has 2 aromatic rings. The number of rotatable bonds is 9. The Kier molecular flexibility index (Phi) is 6.86. The molecule has 0 fully saturated rings. The summed E-state index contributed by atoms with van der Waals surface area (Å²) in [5.74, 6) is 3.02. The summed E-state index contributed by atoms with van der Waals surface area (Å²) in [5, 5.41) is 14.6. The first-order valence-corrected chi connectivity index (χ1v) is 8.45. The van der Waals surface area contributed by atoms with E-state index < -0.39 is 0 Å². The number of ether oxygens (including phenoxy) is 1. The van der Waals surface area contributed by atoms with Crippen LogP contribution in [0.25, 0.3) is 10.8 Å². The van der Waals surface area contributed by atoms with Gasteiger partial charge in [0.05, 0.1) is 7.11 Å². The molecule has 2 N–H and O–H groups in total. The number of hydrogen-bond donors (Lipinski definition) is 2. The van der Waals surface area contributed by atoms with Crippen molar-refractivity contribution in [1.82, 2.24) is 5.32 Å². The Morgan fingerprint density at radius 3 is 2.71 bits per heavy atom. The van der Waals surface area contributed by atoms with Crippen molar-refractivity contribution in [3.8, 4) is 5.75 Å². The van der Waals surface area contributed by atoms with Gasteiger partial charge in [0, 0.05) is 25.4 Å². The molecule has 0 saturated heterocycles. The Morgan fingerprint density at radius 2 is 1.90 bits per heavy atom. The Bertz CT molecular complexity index is 559. The van der Waals surface area contributed by atoms with E-state index in [0.29, 0.717) is 6.61 Å². The monoisotopic (exact) mass is 305 g/mol. The van der Waals surface area contributed by atoms with Gasteiger partial charge < -0.3 is 15.2 Å². The molecular formula is C17H23NO2S. The maximum Gasteiger partial charge on any atom is 0.119 e. The largest absolute Gasteiger partial charge is 0.497 e. The Hall–Kier alpha value is -1.23. The van der Waals surface area contributed by atoms with Crippen molar-refractivity contribution in [2.45, 2.75) is 13.0 Å². The molecule has 0 aromatic heterocycles. The minimum atomic E-state index is 0.294. The van der Waals surface area contributed by atoms with Gasteiger partial charge in [0.25, 0.3) is 0 Å². The Morgan fingerprint density at radius 1 is 1.10 bits per heavy atom. The number of fused-ring (bicyclic) bond motifs is 1. The lowest BCUT2D eigenvalue weighted by Crippen LogP contribution is -2.16. The van der Waals surface area contributed by atoms with E-state index in [4.69, 9.17) is 9.84 Å². The zero-order chi connectivity index (χ0) is 14.9. The molecule has 0 aliphatic heterocycles. The Labute approximate surface area is 130 Å². The molecule has 2 aromatic carbocycles. The molecule has 0 aliphatic rings. The fourth-order valence-corrected chi connectivity index (χ4v) is 2.98. The van der Waals surface area contributed by atoms with Crippen LogP contribution in [-0.4, -0.2) is 36.9 Å². The first-order valence-electron chi connectivity index (χ1n) is 7.29. The number of nitrogens with one attached hydrogen (secondary N) is 1. The summed E-state index contributed by atoms with van der Waals surface area (Å²) in [6.07, 6.45) is 0.888. The van der Waals surface area contributed by atoms with Crippen LogP contribution in [0.5, 0.6) is 5.75 Å². The van der Waals surface area contributed by atoms with Crippen molar-refractivity contribution in [1.29, 1.82) is 0 Å². The highest BCUT2D eigenvalue weighted by atomic mass is 32.2. The van der Waals surface area contributed by atoms with Crippen molar-refractivity contribution >= 4 is 22.5 Å². The highest BCUT2D eigenvalue weighted by molar-refractivity contribution is 7.99. The van der Waals surface area contributed by atoms with Crippen LogP contribution >= 0.6 is 11.8 Å². The molecule has 0 radical (unpaired) electrons. The van der Waals surface area contributed by atoms with E-state index in [2.05, 4.69) is 35.6 Å². The normalized spacial score (nSPS) is 11.0.